The van der Waals surface area contributed by atoms with E-state index in [4.69, 9.17) is 10.9 Å². The van der Waals surface area contributed by atoms with Gasteiger partial charge in [0.1, 0.15) is 11.5 Å². The normalized spacial score (nSPS) is 11.7. The predicted octanol–water partition coefficient (Wildman–Crippen LogP) is 1.88. The lowest BCUT2D eigenvalue weighted by atomic mass is 10.2. The first-order valence-electron chi connectivity index (χ1n) is 5.61. The number of pyridine rings is 1. The third-order valence-electron chi connectivity index (χ3n) is 2.32. The van der Waals surface area contributed by atoms with E-state index in [0.29, 0.717) is 5.69 Å². The van der Waals surface area contributed by atoms with E-state index in [0.717, 1.165) is 27.9 Å². The average Bonchev–Trinajstić information content (AvgIpc) is 2.92. The van der Waals surface area contributed by atoms with Gasteiger partial charge in [0.25, 0.3) is 0 Å². The van der Waals surface area contributed by atoms with Crippen molar-refractivity contribution in [2.75, 3.05) is 0 Å². The minimum atomic E-state index is 0.0102. The van der Waals surface area contributed by atoms with Crippen LogP contribution in [0.3, 0.4) is 0 Å². The number of nitrogens with two attached hydrogens (primary N) is 1. The number of aromatic nitrogens is 3. The molecule has 100 valence electrons. The van der Waals surface area contributed by atoms with E-state index >= 15 is 0 Å². The van der Waals surface area contributed by atoms with Gasteiger partial charge in [0.05, 0.1) is 0 Å². The van der Waals surface area contributed by atoms with Crippen LogP contribution < -0.4 is 5.73 Å². The lowest BCUT2D eigenvalue weighted by Gasteiger charge is -2.01. The lowest BCUT2D eigenvalue weighted by molar-refractivity contribution is 0.318. The molecule has 2 heterocycles. The maximum atomic E-state index is 8.62. The van der Waals surface area contributed by atoms with Gasteiger partial charge in [0.2, 0.25) is 0 Å². The Morgan fingerprint density at radius 1 is 1.58 bits per heavy atom. The van der Waals surface area contributed by atoms with Gasteiger partial charge in [-0.05, 0) is 29.2 Å². The Hall–Kier alpha value is -1.67. The van der Waals surface area contributed by atoms with Gasteiger partial charge in [0, 0.05) is 18.4 Å². The number of thioether (sulfide) groups is 1. The fourth-order valence-electron chi connectivity index (χ4n) is 1.34. The molecule has 0 radical (unpaired) electrons. The molecule has 0 spiro atoms. The van der Waals surface area contributed by atoms with Crippen molar-refractivity contribution in [3.8, 4) is 0 Å². The number of rotatable bonds is 5. The largest absolute Gasteiger partial charge is 0.409 e. The maximum absolute atomic E-state index is 8.62. The second kappa shape index (κ2) is 6.48. The first-order valence-corrected chi connectivity index (χ1v) is 7.37. The summed E-state index contributed by atoms with van der Waals surface area (Å²) in [4.78, 5) is 8.42. The zero-order chi connectivity index (χ0) is 13.7. The fourth-order valence-corrected chi connectivity index (χ4v) is 2.98. The van der Waals surface area contributed by atoms with Crippen molar-refractivity contribution in [1.29, 1.82) is 0 Å². The number of hydrogen-bond acceptors (Lipinski definition) is 7. The topological polar surface area (TPSA) is 97.3 Å². The van der Waals surface area contributed by atoms with Crippen molar-refractivity contribution in [2.45, 2.75) is 23.4 Å². The molecule has 2 aromatic rings. The van der Waals surface area contributed by atoms with Gasteiger partial charge in [-0.3, -0.25) is 4.98 Å². The molecule has 0 aliphatic carbocycles. The summed E-state index contributed by atoms with van der Waals surface area (Å²) in [5, 5.41) is 11.6. The first-order chi connectivity index (χ1) is 9.22. The summed E-state index contributed by atoms with van der Waals surface area (Å²) >= 11 is 3.02. The Balaban J connectivity index is 2.03. The van der Waals surface area contributed by atoms with Gasteiger partial charge in [-0.15, -0.1) is 0 Å². The third kappa shape index (κ3) is 3.65. The van der Waals surface area contributed by atoms with Crippen LogP contribution in [0.25, 0.3) is 0 Å². The summed E-state index contributed by atoms with van der Waals surface area (Å²) in [5.41, 5.74) is 7.00. The van der Waals surface area contributed by atoms with Gasteiger partial charge >= 0.3 is 0 Å². The first kappa shape index (κ1) is 13.8. The van der Waals surface area contributed by atoms with E-state index in [-0.39, 0.29) is 5.84 Å². The molecule has 0 fully saturated rings. The van der Waals surface area contributed by atoms with E-state index in [1.54, 1.807) is 24.0 Å². The van der Waals surface area contributed by atoms with Crippen LogP contribution in [0.15, 0.2) is 27.8 Å². The molecule has 0 aliphatic rings. The molecule has 8 heteroatoms. The molecule has 0 unspecified atom stereocenters. The Labute approximate surface area is 118 Å². The molecule has 0 saturated heterocycles. The monoisotopic (exact) mass is 295 g/mol. The van der Waals surface area contributed by atoms with Crippen LogP contribution in [-0.2, 0) is 12.2 Å². The molecule has 2 rings (SSSR count). The molecule has 19 heavy (non-hydrogen) atoms. The minimum Gasteiger partial charge on any atom is -0.409 e. The Kier molecular flexibility index (Phi) is 4.69. The number of oxime groups is 1. The highest BCUT2D eigenvalue weighted by molar-refractivity contribution is 8.00. The van der Waals surface area contributed by atoms with E-state index in [1.165, 1.54) is 11.5 Å². The molecule has 0 aromatic carbocycles. The van der Waals surface area contributed by atoms with Gasteiger partial charge < -0.3 is 10.9 Å². The second-order valence-electron chi connectivity index (χ2n) is 3.65. The number of hydrogen-bond donors (Lipinski definition) is 2. The van der Waals surface area contributed by atoms with Crippen molar-refractivity contribution >= 4 is 29.1 Å². The van der Waals surface area contributed by atoms with Crippen molar-refractivity contribution in [3.05, 3.63) is 35.4 Å². The van der Waals surface area contributed by atoms with Gasteiger partial charge in [-0.25, -0.2) is 4.98 Å². The van der Waals surface area contributed by atoms with Crippen molar-refractivity contribution in [3.63, 3.8) is 0 Å². The molecule has 0 atom stereocenters. The molecular formula is C11H13N5OS2. The molecule has 0 aliphatic heterocycles. The zero-order valence-electron chi connectivity index (χ0n) is 10.3. The smallest absolute Gasteiger partial charge is 0.188 e. The van der Waals surface area contributed by atoms with Gasteiger partial charge in [-0.1, -0.05) is 23.8 Å². The Morgan fingerprint density at radius 3 is 3.11 bits per heavy atom. The molecule has 2 aromatic heterocycles. The van der Waals surface area contributed by atoms with Crippen LogP contribution in [0.4, 0.5) is 0 Å². The highest BCUT2D eigenvalue weighted by atomic mass is 32.2. The SMILES string of the molecule is CCc1nsc(SCc2ccnc(C(N)=NO)c2)n1. The molecule has 3 N–H and O–H groups in total. The van der Waals surface area contributed by atoms with Gasteiger partial charge in [0.15, 0.2) is 10.2 Å². The second-order valence-corrected chi connectivity index (χ2v) is 5.63. The van der Waals surface area contributed by atoms with Crippen LogP contribution in [-0.4, -0.2) is 25.4 Å². The molecule has 0 saturated carbocycles. The zero-order valence-corrected chi connectivity index (χ0v) is 11.9. The standard InChI is InChI=1S/C11H13N5OS2/c1-2-9-14-11(19-16-9)18-6-7-3-4-13-8(5-7)10(12)15-17/h3-5,17H,2,6H2,1H3,(H2,12,15). The highest BCUT2D eigenvalue weighted by Crippen LogP contribution is 2.24. The number of nitrogens with zero attached hydrogens (tertiary/aromatic N) is 4. The van der Waals surface area contributed by atoms with E-state index in [9.17, 15) is 0 Å². The van der Waals surface area contributed by atoms with Crippen LogP contribution in [0, 0.1) is 0 Å². The average molecular weight is 295 g/mol. The highest BCUT2D eigenvalue weighted by Gasteiger charge is 2.06. The van der Waals surface area contributed by atoms with Crippen molar-refractivity contribution in [2.24, 2.45) is 10.9 Å². The molecule has 0 bridgehead atoms. The van der Waals surface area contributed by atoms with Gasteiger partial charge in [-0.2, -0.15) is 4.37 Å². The predicted molar refractivity (Wildman–Crippen MR) is 75.6 cm³/mol. The van der Waals surface area contributed by atoms with Crippen LogP contribution in [0.1, 0.15) is 24.0 Å². The summed E-state index contributed by atoms with van der Waals surface area (Å²) < 4.78 is 5.17. The third-order valence-corrected chi connectivity index (χ3v) is 4.27. The summed E-state index contributed by atoms with van der Waals surface area (Å²) in [5.74, 6) is 1.63. The minimum absolute atomic E-state index is 0.0102. The van der Waals surface area contributed by atoms with Crippen molar-refractivity contribution in [1.82, 2.24) is 14.3 Å². The quantitative estimate of drug-likeness (QED) is 0.287. The summed E-state index contributed by atoms with van der Waals surface area (Å²) in [6, 6.07) is 3.69. The summed E-state index contributed by atoms with van der Waals surface area (Å²) in [7, 11) is 0. The Morgan fingerprint density at radius 2 is 2.42 bits per heavy atom. The molecule has 0 amide bonds. The molecular weight excluding hydrogens is 282 g/mol. The van der Waals surface area contributed by atoms with E-state index < -0.39 is 0 Å². The van der Waals surface area contributed by atoms with Crippen LogP contribution in [0.5, 0.6) is 0 Å². The molecule has 6 nitrogen and oxygen atoms in total. The summed E-state index contributed by atoms with van der Waals surface area (Å²) in [6.45, 7) is 2.03. The maximum Gasteiger partial charge on any atom is 0.188 e. The van der Waals surface area contributed by atoms with Crippen LogP contribution >= 0.6 is 23.3 Å². The number of amidine groups is 1. The summed E-state index contributed by atoms with van der Waals surface area (Å²) in [6.07, 6.45) is 2.49. The van der Waals surface area contributed by atoms with Crippen LogP contribution in [0.2, 0.25) is 0 Å². The van der Waals surface area contributed by atoms with E-state index in [1.807, 2.05) is 13.0 Å². The fraction of sp³-hybridized carbons (Fsp3) is 0.273. The van der Waals surface area contributed by atoms with E-state index in [2.05, 4.69) is 19.5 Å². The Bertz CT molecular complexity index is 584. The lowest BCUT2D eigenvalue weighted by Crippen LogP contribution is -2.15. The number of aryl methyl sites for hydroxylation is 1. The van der Waals surface area contributed by atoms with Crippen molar-refractivity contribution < 1.29 is 5.21 Å².